The van der Waals surface area contributed by atoms with E-state index in [9.17, 15) is 9.59 Å². The smallest absolute Gasteiger partial charge is 0.342 e. The molecule has 1 heterocycles. The molecule has 1 aliphatic rings. The standard InChI is InChI=1S/C17H12N2O4/c20-16(21)12-8-4-5-9-13(12)18-19-14-10-15(23-17(14)22)11-6-2-1-3-7-11/h1-10,14H,(H,20,21). The fourth-order valence-corrected chi connectivity index (χ4v) is 2.12. The lowest BCUT2D eigenvalue weighted by atomic mass is 10.2. The molecule has 23 heavy (non-hydrogen) atoms. The summed E-state index contributed by atoms with van der Waals surface area (Å²) in [4.78, 5) is 23.0. The number of benzene rings is 2. The molecule has 6 nitrogen and oxygen atoms in total. The molecule has 0 aromatic heterocycles. The molecule has 1 unspecified atom stereocenters. The lowest BCUT2D eigenvalue weighted by molar-refractivity contribution is -0.135. The second-order valence-electron chi connectivity index (χ2n) is 4.80. The Hall–Kier alpha value is -3.28. The topological polar surface area (TPSA) is 88.3 Å². The fraction of sp³-hybridized carbons (Fsp3) is 0.0588. The first-order valence-electron chi connectivity index (χ1n) is 6.87. The quantitative estimate of drug-likeness (QED) is 0.692. The molecule has 1 atom stereocenters. The van der Waals surface area contributed by atoms with E-state index in [1.165, 1.54) is 12.1 Å². The molecule has 0 saturated carbocycles. The van der Waals surface area contributed by atoms with Gasteiger partial charge in [-0.15, -0.1) is 0 Å². The van der Waals surface area contributed by atoms with Crippen LogP contribution in [0.2, 0.25) is 0 Å². The molecule has 0 bridgehead atoms. The SMILES string of the molecule is O=C(O)c1ccccc1N=NC1C=C(c2ccccc2)OC1=O. The second kappa shape index (κ2) is 6.23. The summed E-state index contributed by atoms with van der Waals surface area (Å²) < 4.78 is 5.18. The minimum absolute atomic E-state index is 0.0230. The Kier molecular flexibility index (Phi) is 3.97. The molecular weight excluding hydrogens is 296 g/mol. The molecule has 0 aliphatic carbocycles. The number of rotatable bonds is 4. The van der Waals surface area contributed by atoms with Crippen LogP contribution in [0.3, 0.4) is 0 Å². The molecule has 3 rings (SSSR count). The second-order valence-corrected chi connectivity index (χ2v) is 4.80. The van der Waals surface area contributed by atoms with E-state index in [2.05, 4.69) is 10.2 Å². The Bertz CT molecular complexity index is 812. The van der Waals surface area contributed by atoms with E-state index in [4.69, 9.17) is 9.84 Å². The van der Waals surface area contributed by atoms with Crippen molar-refractivity contribution in [3.63, 3.8) is 0 Å². The predicted molar refractivity (Wildman–Crippen MR) is 82.2 cm³/mol. The monoisotopic (exact) mass is 308 g/mol. The van der Waals surface area contributed by atoms with Crippen molar-refractivity contribution in [1.82, 2.24) is 0 Å². The van der Waals surface area contributed by atoms with Crippen molar-refractivity contribution in [2.45, 2.75) is 6.04 Å². The number of esters is 1. The van der Waals surface area contributed by atoms with Crippen LogP contribution in [0.4, 0.5) is 5.69 Å². The highest BCUT2D eigenvalue weighted by molar-refractivity contribution is 5.93. The van der Waals surface area contributed by atoms with Crippen molar-refractivity contribution < 1.29 is 19.4 Å². The normalized spacial score (nSPS) is 17.1. The number of hydrogen-bond donors (Lipinski definition) is 1. The minimum Gasteiger partial charge on any atom is -0.478 e. The number of cyclic esters (lactones) is 1. The van der Waals surface area contributed by atoms with Crippen LogP contribution >= 0.6 is 0 Å². The number of carbonyl (C=O) groups excluding carboxylic acids is 1. The average Bonchev–Trinajstić information content (AvgIpc) is 2.95. The number of aromatic carboxylic acids is 1. The van der Waals surface area contributed by atoms with Gasteiger partial charge in [0.1, 0.15) is 5.76 Å². The van der Waals surface area contributed by atoms with E-state index in [0.717, 1.165) is 5.56 Å². The highest BCUT2D eigenvalue weighted by atomic mass is 16.5. The van der Waals surface area contributed by atoms with Gasteiger partial charge in [0.25, 0.3) is 0 Å². The Morgan fingerprint density at radius 2 is 1.74 bits per heavy atom. The van der Waals surface area contributed by atoms with Gasteiger partial charge < -0.3 is 9.84 Å². The van der Waals surface area contributed by atoms with Crippen molar-refractivity contribution in [1.29, 1.82) is 0 Å². The molecule has 6 heteroatoms. The summed E-state index contributed by atoms with van der Waals surface area (Å²) in [5.74, 6) is -1.22. The molecule has 2 aromatic rings. The zero-order valence-corrected chi connectivity index (χ0v) is 11.9. The van der Waals surface area contributed by atoms with Crippen LogP contribution in [0.1, 0.15) is 15.9 Å². The summed E-state index contributed by atoms with van der Waals surface area (Å²) in [7, 11) is 0. The van der Waals surface area contributed by atoms with Gasteiger partial charge in [-0.2, -0.15) is 10.2 Å². The molecular formula is C17H12N2O4. The van der Waals surface area contributed by atoms with Crippen molar-refractivity contribution in [2.24, 2.45) is 10.2 Å². The van der Waals surface area contributed by atoms with Gasteiger partial charge in [-0.3, -0.25) is 0 Å². The van der Waals surface area contributed by atoms with Crippen LogP contribution in [-0.2, 0) is 9.53 Å². The van der Waals surface area contributed by atoms with Gasteiger partial charge >= 0.3 is 11.9 Å². The number of carboxylic acids is 1. The molecule has 0 spiro atoms. The number of nitrogens with zero attached hydrogens (tertiary/aromatic N) is 2. The molecule has 0 radical (unpaired) electrons. The van der Waals surface area contributed by atoms with Gasteiger partial charge in [0.05, 0.1) is 11.3 Å². The lowest BCUT2D eigenvalue weighted by Gasteiger charge is -2.01. The molecule has 0 fully saturated rings. The van der Waals surface area contributed by atoms with Crippen LogP contribution < -0.4 is 0 Å². The van der Waals surface area contributed by atoms with Crippen LogP contribution in [0.5, 0.6) is 0 Å². The zero-order valence-electron chi connectivity index (χ0n) is 11.9. The van der Waals surface area contributed by atoms with Gasteiger partial charge in [0, 0.05) is 5.56 Å². The van der Waals surface area contributed by atoms with E-state index >= 15 is 0 Å². The van der Waals surface area contributed by atoms with E-state index in [-0.39, 0.29) is 11.3 Å². The van der Waals surface area contributed by atoms with Crippen molar-refractivity contribution >= 4 is 23.4 Å². The van der Waals surface area contributed by atoms with Gasteiger partial charge in [-0.25, -0.2) is 9.59 Å². The first-order chi connectivity index (χ1) is 11.1. The summed E-state index contributed by atoms with van der Waals surface area (Å²) in [6.07, 6.45) is 1.56. The highest BCUT2D eigenvalue weighted by Crippen LogP contribution is 2.26. The van der Waals surface area contributed by atoms with E-state index in [1.807, 2.05) is 30.3 Å². The maximum atomic E-state index is 11.9. The Morgan fingerprint density at radius 1 is 1.04 bits per heavy atom. The average molecular weight is 308 g/mol. The van der Waals surface area contributed by atoms with Gasteiger partial charge in [0.15, 0.2) is 6.04 Å². The third kappa shape index (κ3) is 3.16. The third-order valence-corrected chi connectivity index (χ3v) is 3.24. The molecule has 0 amide bonds. The van der Waals surface area contributed by atoms with Crippen molar-refractivity contribution in [3.05, 3.63) is 71.8 Å². The number of carboxylic acid groups (broad SMARTS) is 1. The first-order valence-corrected chi connectivity index (χ1v) is 6.87. The molecule has 0 saturated heterocycles. The van der Waals surface area contributed by atoms with Crippen LogP contribution in [0, 0.1) is 0 Å². The largest absolute Gasteiger partial charge is 0.478 e. The molecule has 2 aromatic carbocycles. The van der Waals surface area contributed by atoms with Gasteiger partial charge in [-0.05, 0) is 18.2 Å². The number of carbonyl (C=O) groups is 2. The summed E-state index contributed by atoms with van der Waals surface area (Å²) in [6.45, 7) is 0. The highest BCUT2D eigenvalue weighted by Gasteiger charge is 2.28. The van der Waals surface area contributed by atoms with E-state index < -0.39 is 18.0 Å². The summed E-state index contributed by atoms with van der Waals surface area (Å²) in [5, 5.41) is 16.9. The van der Waals surface area contributed by atoms with Crippen molar-refractivity contribution in [2.75, 3.05) is 0 Å². The van der Waals surface area contributed by atoms with Crippen LogP contribution in [0.15, 0.2) is 70.9 Å². The van der Waals surface area contributed by atoms with Gasteiger partial charge in [0.2, 0.25) is 0 Å². The minimum atomic E-state index is -1.10. The van der Waals surface area contributed by atoms with Crippen LogP contribution in [0.25, 0.3) is 5.76 Å². The van der Waals surface area contributed by atoms with Gasteiger partial charge in [-0.1, -0.05) is 42.5 Å². The molecule has 114 valence electrons. The number of azo groups is 1. The summed E-state index contributed by atoms with van der Waals surface area (Å²) in [5.41, 5.74) is 0.980. The lowest BCUT2D eigenvalue weighted by Crippen LogP contribution is -2.10. The maximum absolute atomic E-state index is 11.9. The Balaban J connectivity index is 1.84. The third-order valence-electron chi connectivity index (χ3n) is 3.24. The number of ether oxygens (including phenoxy) is 1. The zero-order chi connectivity index (χ0) is 16.2. The number of hydrogen-bond acceptors (Lipinski definition) is 5. The van der Waals surface area contributed by atoms with Crippen molar-refractivity contribution in [3.8, 4) is 0 Å². The first kappa shape index (κ1) is 14.6. The fourth-order valence-electron chi connectivity index (χ4n) is 2.12. The Morgan fingerprint density at radius 3 is 2.48 bits per heavy atom. The summed E-state index contributed by atoms with van der Waals surface area (Å²) in [6, 6.07) is 14.5. The van der Waals surface area contributed by atoms with E-state index in [1.54, 1.807) is 18.2 Å². The van der Waals surface area contributed by atoms with E-state index in [0.29, 0.717) is 5.76 Å². The molecule has 1 N–H and O–H groups in total. The maximum Gasteiger partial charge on any atom is 0.342 e. The predicted octanol–water partition coefficient (Wildman–Crippen LogP) is 3.44. The summed E-state index contributed by atoms with van der Waals surface area (Å²) >= 11 is 0. The molecule has 1 aliphatic heterocycles. The Labute approximate surface area is 131 Å². The van der Waals surface area contributed by atoms with Crippen LogP contribution in [-0.4, -0.2) is 23.1 Å².